The van der Waals surface area contributed by atoms with Crippen molar-refractivity contribution < 1.29 is 8.42 Å². The Bertz CT molecular complexity index is 916. The summed E-state index contributed by atoms with van der Waals surface area (Å²) in [5, 5.41) is 8.97. The van der Waals surface area contributed by atoms with Crippen LogP contribution in [0.25, 0.3) is 0 Å². The molecule has 0 saturated carbocycles. The molecule has 138 valence electrons. The van der Waals surface area contributed by atoms with Crippen molar-refractivity contribution >= 4 is 10.0 Å². The van der Waals surface area contributed by atoms with Gasteiger partial charge in [0.15, 0.2) is 0 Å². The van der Waals surface area contributed by atoms with Crippen LogP contribution < -0.4 is 0 Å². The number of pyridine rings is 1. The minimum Gasteiger partial charge on any atom is -0.264 e. The molecule has 0 unspecified atom stereocenters. The first-order valence-corrected chi connectivity index (χ1v) is 9.98. The minimum absolute atomic E-state index is 0.140. The van der Waals surface area contributed by atoms with Crippen LogP contribution in [0.4, 0.5) is 0 Å². The van der Waals surface area contributed by atoms with Gasteiger partial charge in [0.25, 0.3) is 0 Å². The molecule has 0 radical (unpaired) electrons. The lowest BCUT2D eigenvalue weighted by Gasteiger charge is -2.25. The zero-order valence-corrected chi connectivity index (χ0v) is 16.8. The lowest BCUT2D eigenvalue weighted by atomic mass is 9.95. The van der Waals surface area contributed by atoms with Crippen molar-refractivity contribution in [3.8, 4) is 6.07 Å². The Hall–Kier alpha value is -2.23. The second-order valence-electron chi connectivity index (χ2n) is 6.56. The molecule has 5 nitrogen and oxygen atoms in total. The van der Waals surface area contributed by atoms with E-state index in [2.05, 4.69) is 4.98 Å². The van der Waals surface area contributed by atoms with Crippen LogP contribution in [0.3, 0.4) is 0 Å². The van der Waals surface area contributed by atoms with Crippen molar-refractivity contribution in [1.29, 1.82) is 5.26 Å². The standard InChI is InChI=1S/C20H25N3O2S/c1-14-15(2)17(4)20(18(5)16(14)3)26(24,25)23(11-7-9-21)13-19-8-6-10-22-12-19/h6,8,10,12H,7,11,13H2,1-5H3. The fraction of sp³-hybridized carbons (Fsp3) is 0.400. The van der Waals surface area contributed by atoms with Crippen LogP contribution in [0.1, 0.15) is 39.8 Å². The molecule has 0 atom stereocenters. The number of sulfonamides is 1. The van der Waals surface area contributed by atoms with E-state index in [1.54, 1.807) is 18.5 Å². The lowest BCUT2D eigenvalue weighted by Crippen LogP contribution is -2.33. The summed E-state index contributed by atoms with van der Waals surface area (Å²) in [4.78, 5) is 4.42. The van der Waals surface area contributed by atoms with E-state index in [1.807, 2.05) is 46.8 Å². The summed E-state index contributed by atoms with van der Waals surface area (Å²) in [7, 11) is -3.74. The molecule has 0 fully saturated rings. The summed E-state index contributed by atoms with van der Waals surface area (Å²) in [6, 6.07) is 5.67. The molecular weight excluding hydrogens is 346 g/mol. The molecule has 1 heterocycles. The fourth-order valence-corrected chi connectivity index (χ4v) is 5.12. The quantitative estimate of drug-likeness (QED) is 0.775. The minimum atomic E-state index is -3.74. The predicted molar refractivity (Wildman–Crippen MR) is 102 cm³/mol. The Kier molecular flexibility index (Phi) is 6.17. The molecule has 0 spiro atoms. The summed E-state index contributed by atoms with van der Waals surface area (Å²) in [6.07, 6.45) is 3.44. The highest BCUT2D eigenvalue weighted by atomic mass is 32.2. The van der Waals surface area contributed by atoms with Gasteiger partial charge in [0.2, 0.25) is 10.0 Å². The molecular formula is C20H25N3O2S. The van der Waals surface area contributed by atoms with E-state index < -0.39 is 10.0 Å². The van der Waals surface area contributed by atoms with E-state index in [9.17, 15) is 8.42 Å². The first kappa shape index (κ1) is 20.1. The lowest BCUT2D eigenvalue weighted by molar-refractivity contribution is 0.412. The van der Waals surface area contributed by atoms with Gasteiger partial charge in [-0.3, -0.25) is 4.98 Å². The van der Waals surface area contributed by atoms with Crippen LogP contribution in [0, 0.1) is 45.9 Å². The van der Waals surface area contributed by atoms with Crippen molar-refractivity contribution in [2.24, 2.45) is 0 Å². The van der Waals surface area contributed by atoms with Gasteiger partial charge in [-0.1, -0.05) is 6.07 Å². The third kappa shape index (κ3) is 3.79. The van der Waals surface area contributed by atoms with Gasteiger partial charge >= 0.3 is 0 Å². The van der Waals surface area contributed by atoms with E-state index >= 15 is 0 Å². The number of hydrogen-bond acceptors (Lipinski definition) is 4. The molecule has 1 aromatic heterocycles. The maximum absolute atomic E-state index is 13.5. The number of nitrogens with zero attached hydrogens (tertiary/aromatic N) is 3. The van der Waals surface area contributed by atoms with Gasteiger partial charge in [-0.05, 0) is 74.1 Å². The third-order valence-corrected chi connectivity index (χ3v) is 7.20. The van der Waals surface area contributed by atoms with Gasteiger partial charge in [-0.2, -0.15) is 9.57 Å². The third-order valence-electron chi connectivity index (χ3n) is 5.08. The molecule has 0 aliphatic heterocycles. The number of nitriles is 1. The van der Waals surface area contributed by atoms with E-state index in [-0.39, 0.29) is 19.5 Å². The van der Waals surface area contributed by atoms with Crippen LogP contribution in [-0.2, 0) is 16.6 Å². The number of hydrogen-bond donors (Lipinski definition) is 0. The molecule has 6 heteroatoms. The average molecular weight is 372 g/mol. The Balaban J connectivity index is 2.59. The van der Waals surface area contributed by atoms with Crippen molar-refractivity contribution in [2.75, 3.05) is 6.54 Å². The Labute approximate surface area is 156 Å². The summed E-state index contributed by atoms with van der Waals surface area (Å²) in [5.41, 5.74) is 5.46. The summed E-state index contributed by atoms with van der Waals surface area (Å²) < 4.78 is 28.4. The molecule has 0 aliphatic carbocycles. The maximum Gasteiger partial charge on any atom is 0.243 e. The first-order valence-electron chi connectivity index (χ1n) is 8.54. The van der Waals surface area contributed by atoms with Crippen LogP contribution in [-0.4, -0.2) is 24.3 Å². The van der Waals surface area contributed by atoms with E-state index in [0.717, 1.165) is 33.4 Å². The Morgan fingerprint density at radius 1 is 1.04 bits per heavy atom. The molecule has 2 rings (SSSR count). The molecule has 2 aromatic rings. The van der Waals surface area contributed by atoms with E-state index in [4.69, 9.17) is 5.26 Å². The van der Waals surface area contributed by atoms with Crippen LogP contribution in [0.5, 0.6) is 0 Å². The molecule has 0 N–H and O–H groups in total. The monoisotopic (exact) mass is 371 g/mol. The van der Waals surface area contributed by atoms with Gasteiger partial charge in [-0.15, -0.1) is 0 Å². The number of rotatable bonds is 6. The zero-order chi connectivity index (χ0) is 19.5. The predicted octanol–water partition coefficient (Wildman–Crippen LogP) is 3.73. The SMILES string of the molecule is Cc1c(C)c(C)c(S(=O)(=O)N(CCC#N)Cc2cccnc2)c(C)c1C. The molecule has 0 aliphatic rings. The second-order valence-corrected chi connectivity index (χ2v) is 8.44. The van der Waals surface area contributed by atoms with Crippen LogP contribution >= 0.6 is 0 Å². The van der Waals surface area contributed by atoms with E-state index in [0.29, 0.717) is 4.90 Å². The fourth-order valence-electron chi connectivity index (χ4n) is 3.14. The van der Waals surface area contributed by atoms with Gasteiger partial charge < -0.3 is 0 Å². The number of benzene rings is 1. The maximum atomic E-state index is 13.5. The van der Waals surface area contributed by atoms with Crippen molar-refractivity contribution in [3.05, 3.63) is 57.9 Å². The van der Waals surface area contributed by atoms with Gasteiger partial charge in [0.1, 0.15) is 0 Å². The van der Waals surface area contributed by atoms with E-state index in [1.165, 1.54) is 4.31 Å². The number of aromatic nitrogens is 1. The van der Waals surface area contributed by atoms with Gasteiger partial charge in [-0.25, -0.2) is 8.42 Å². The van der Waals surface area contributed by atoms with Crippen molar-refractivity contribution in [1.82, 2.24) is 9.29 Å². The first-order chi connectivity index (χ1) is 12.2. The van der Waals surface area contributed by atoms with Crippen LogP contribution in [0.15, 0.2) is 29.4 Å². The van der Waals surface area contributed by atoms with Gasteiger partial charge in [0, 0.05) is 31.9 Å². The highest BCUT2D eigenvalue weighted by Crippen LogP contribution is 2.32. The Morgan fingerprint density at radius 3 is 2.12 bits per heavy atom. The average Bonchev–Trinajstić information content (AvgIpc) is 2.62. The Morgan fingerprint density at radius 2 is 1.62 bits per heavy atom. The largest absolute Gasteiger partial charge is 0.264 e. The smallest absolute Gasteiger partial charge is 0.243 e. The topological polar surface area (TPSA) is 74.1 Å². The normalized spacial score (nSPS) is 11.6. The van der Waals surface area contributed by atoms with Crippen molar-refractivity contribution in [2.45, 2.75) is 52.5 Å². The summed E-state index contributed by atoms with van der Waals surface area (Å²) in [5.74, 6) is 0. The molecule has 0 bridgehead atoms. The highest BCUT2D eigenvalue weighted by Gasteiger charge is 2.29. The zero-order valence-electron chi connectivity index (χ0n) is 16.0. The highest BCUT2D eigenvalue weighted by molar-refractivity contribution is 7.89. The summed E-state index contributed by atoms with van der Waals surface area (Å²) >= 11 is 0. The second kappa shape index (κ2) is 7.98. The molecule has 0 amide bonds. The molecule has 0 saturated heterocycles. The summed E-state index contributed by atoms with van der Waals surface area (Å²) in [6.45, 7) is 9.99. The van der Waals surface area contributed by atoms with Gasteiger partial charge in [0.05, 0.1) is 11.0 Å². The van der Waals surface area contributed by atoms with Crippen LogP contribution in [0.2, 0.25) is 0 Å². The molecule has 1 aromatic carbocycles. The molecule has 26 heavy (non-hydrogen) atoms. The van der Waals surface area contributed by atoms with Crippen molar-refractivity contribution in [3.63, 3.8) is 0 Å².